The van der Waals surface area contributed by atoms with E-state index in [0.717, 1.165) is 0 Å². The van der Waals surface area contributed by atoms with Crippen LogP contribution in [0.2, 0.25) is 5.02 Å². The molecule has 0 bridgehead atoms. The van der Waals surface area contributed by atoms with Crippen molar-refractivity contribution in [1.29, 1.82) is 0 Å². The highest BCUT2D eigenvalue weighted by molar-refractivity contribution is 6.32. The van der Waals surface area contributed by atoms with Gasteiger partial charge in [-0.05, 0) is 32.0 Å². The topological polar surface area (TPSA) is 118 Å². The molecule has 4 rings (SSSR count). The molecule has 3 aromatic heterocycles. The third kappa shape index (κ3) is 4.60. The van der Waals surface area contributed by atoms with Crippen LogP contribution in [0.1, 0.15) is 46.0 Å². The number of pyridine rings is 1. The zero-order valence-electron chi connectivity index (χ0n) is 18.7. The summed E-state index contributed by atoms with van der Waals surface area (Å²) in [6.45, 7) is 3.47. The second kappa shape index (κ2) is 9.35. The van der Waals surface area contributed by atoms with Gasteiger partial charge in [-0.1, -0.05) is 17.5 Å². The maximum atomic E-state index is 13.5. The SMILES string of the molecule is C#Cc1cc2cn[nH]c2c(C(=O)NC(C)C)c1NC(=O)c1cc(C(F)(F)F)nn1-c1ncccc1Cl. The standard InChI is InChI=1S/C23H17ClF3N7O2/c1-4-12-8-13-10-29-32-19(13)17(22(36)30-11(2)3)18(12)31-21(35)15-9-16(23(25,26)27)33-34(15)20-14(24)6-5-7-28-20/h1,5-11H,2-3H3,(H,29,32)(H,30,36)(H,31,35). The van der Waals surface area contributed by atoms with Crippen molar-refractivity contribution in [1.82, 2.24) is 30.3 Å². The molecule has 3 N–H and O–H groups in total. The number of rotatable bonds is 5. The Hall–Kier alpha value is -4.37. The summed E-state index contributed by atoms with van der Waals surface area (Å²) in [5.41, 5.74) is -1.60. The van der Waals surface area contributed by atoms with Crippen molar-refractivity contribution in [2.45, 2.75) is 26.1 Å². The predicted octanol–water partition coefficient (Wildman–Crippen LogP) is 4.19. The number of alkyl halides is 3. The molecule has 36 heavy (non-hydrogen) atoms. The van der Waals surface area contributed by atoms with Crippen molar-refractivity contribution in [3.05, 3.63) is 64.2 Å². The maximum Gasteiger partial charge on any atom is 0.435 e. The van der Waals surface area contributed by atoms with Crippen molar-refractivity contribution >= 4 is 40.0 Å². The van der Waals surface area contributed by atoms with E-state index in [2.05, 4.69) is 36.8 Å². The summed E-state index contributed by atoms with van der Waals surface area (Å²) in [5.74, 6) is 0.587. The molecule has 0 unspecified atom stereocenters. The van der Waals surface area contributed by atoms with Gasteiger partial charge < -0.3 is 10.6 Å². The molecule has 0 radical (unpaired) electrons. The van der Waals surface area contributed by atoms with Crippen LogP contribution in [-0.2, 0) is 6.18 Å². The zero-order valence-corrected chi connectivity index (χ0v) is 19.5. The Labute approximate surface area is 207 Å². The number of hydrogen-bond donors (Lipinski definition) is 3. The van der Waals surface area contributed by atoms with Gasteiger partial charge in [-0.25, -0.2) is 9.67 Å². The number of H-pyrrole nitrogens is 1. The first-order valence-electron chi connectivity index (χ1n) is 10.4. The quantitative estimate of drug-likeness (QED) is 0.345. The van der Waals surface area contributed by atoms with Crippen LogP contribution in [0.5, 0.6) is 0 Å². The number of carbonyl (C=O) groups excluding carboxylic acids is 2. The number of carbonyl (C=O) groups is 2. The van der Waals surface area contributed by atoms with Crippen LogP contribution >= 0.6 is 11.6 Å². The number of amides is 2. The Morgan fingerprint density at radius 3 is 2.64 bits per heavy atom. The van der Waals surface area contributed by atoms with Gasteiger partial charge in [-0.3, -0.25) is 14.7 Å². The molecule has 0 fully saturated rings. The third-order valence-electron chi connectivity index (χ3n) is 4.95. The van der Waals surface area contributed by atoms with Crippen LogP contribution in [0.3, 0.4) is 0 Å². The Morgan fingerprint density at radius 2 is 2.00 bits per heavy atom. The molecule has 9 nitrogen and oxygen atoms in total. The minimum absolute atomic E-state index is 0.0296. The van der Waals surface area contributed by atoms with E-state index in [1.165, 1.54) is 30.6 Å². The van der Waals surface area contributed by atoms with E-state index < -0.39 is 29.4 Å². The fraction of sp³-hybridized carbons (Fsp3) is 0.174. The summed E-state index contributed by atoms with van der Waals surface area (Å²) in [7, 11) is 0. The van der Waals surface area contributed by atoms with Crippen LogP contribution in [-0.4, -0.2) is 42.8 Å². The first-order chi connectivity index (χ1) is 17.0. The molecule has 1 aromatic carbocycles. The molecule has 184 valence electrons. The second-order valence-corrected chi connectivity index (χ2v) is 8.28. The second-order valence-electron chi connectivity index (χ2n) is 7.87. The lowest BCUT2D eigenvalue weighted by Gasteiger charge is -2.16. The highest BCUT2D eigenvalue weighted by atomic mass is 35.5. The van der Waals surface area contributed by atoms with Gasteiger partial charge in [0.25, 0.3) is 11.8 Å². The number of nitrogens with one attached hydrogen (secondary N) is 3. The summed E-state index contributed by atoms with van der Waals surface area (Å²) >= 11 is 6.11. The van der Waals surface area contributed by atoms with Crippen molar-refractivity contribution in [2.24, 2.45) is 0 Å². The summed E-state index contributed by atoms with van der Waals surface area (Å²) in [4.78, 5) is 30.4. The summed E-state index contributed by atoms with van der Waals surface area (Å²) in [6.07, 6.45) is 3.51. The number of aromatic amines is 1. The van der Waals surface area contributed by atoms with Gasteiger partial charge >= 0.3 is 6.18 Å². The predicted molar refractivity (Wildman–Crippen MR) is 126 cm³/mol. The van der Waals surface area contributed by atoms with Gasteiger partial charge in [0.1, 0.15) is 5.69 Å². The van der Waals surface area contributed by atoms with E-state index >= 15 is 0 Å². The van der Waals surface area contributed by atoms with Crippen LogP contribution in [0.4, 0.5) is 18.9 Å². The molecular weight excluding hydrogens is 499 g/mol. The molecule has 4 aromatic rings. The molecule has 0 atom stereocenters. The van der Waals surface area contributed by atoms with Gasteiger partial charge in [0.05, 0.1) is 28.0 Å². The highest BCUT2D eigenvalue weighted by Crippen LogP contribution is 2.32. The normalized spacial score (nSPS) is 11.5. The van der Waals surface area contributed by atoms with E-state index in [-0.39, 0.29) is 39.2 Å². The van der Waals surface area contributed by atoms with E-state index in [4.69, 9.17) is 18.0 Å². The van der Waals surface area contributed by atoms with Crippen molar-refractivity contribution in [2.75, 3.05) is 5.32 Å². The Morgan fingerprint density at radius 1 is 1.25 bits per heavy atom. The van der Waals surface area contributed by atoms with E-state index in [1.54, 1.807) is 13.8 Å². The number of aromatic nitrogens is 5. The minimum atomic E-state index is -4.86. The number of hydrogen-bond acceptors (Lipinski definition) is 5. The van der Waals surface area contributed by atoms with Crippen LogP contribution < -0.4 is 10.6 Å². The van der Waals surface area contributed by atoms with Crippen molar-refractivity contribution in [3.8, 4) is 18.2 Å². The maximum absolute atomic E-state index is 13.5. The lowest BCUT2D eigenvalue weighted by molar-refractivity contribution is -0.141. The average Bonchev–Trinajstić information content (AvgIpc) is 3.45. The molecule has 0 aliphatic carbocycles. The van der Waals surface area contributed by atoms with E-state index in [1.807, 2.05) is 0 Å². The number of benzene rings is 1. The Bertz CT molecular complexity index is 1530. The summed E-state index contributed by atoms with van der Waals surface area (Å²) in [5, 5.41) is 15.8. The summed E-state index contributed by atoms with van der Waals surface area (Å²) < 4.78 is 41.1. The Balaban J connectivity index is 1.88. The molecule has 0 saturated heterocycles. The van der Waals surface area contributed by atoms with Gasteiger partial charge in [-0.2, -0.15) is 23.4 Å². The van der Waals surface area contributed by atoms with Crippen LogP contribution in [0, 0.1) is 12.3 Å². The van der Waals surface area contributed by atoms with Crippen molar-refractivity contribution < 1.29 is 22.8 Å². The average molecular weight is 516 g/mol. The van der Waals surface area contributed by atoms with Gasteiger partial charge in [0, 0.05) is 29.3 Å². The first kappa shape index (κ1) is 24.7. The molecule has 3 heterocycles. The molecule has 0 spiro atoms. The molecule has 0 aliphatic heterocycles. The third-order valence-corrected chi connectivity index (χ3v) is 5.25. The first-order valence-corrected chi connectivity index (χ1v) is 10.8. The van der Waals surface area contributed by atoms with Gasteiger partial charge in [0.2, 0.25) is 0 Å². The smallest absolute Gasteiger partial charge is 0.350 e. The molecule has 2 amide bonds. The number of terminal acetylenes is 1. The van der Waals surface area contributed by atoms with E-state index in [0.29, 0.717) is 16.1 Å². The molecular formula is C23H17ClF3N7O2. The highest BCUT2D eigenvalue weighted by Gasteiger charge is 2.37. The minimum Gasteiger partial charge on any atom is -0.350 e. The zero-order chi connectivity index (χ0) is 26.2. The fourth-order valence-electron chi connectivity index (χ4n) is 3.45. The lowest BCUT2D eigenvalue weighted by Crippen LogP contribution is -2.31. The van der Waals surface area contributed by atoms with E-state index in [9.17, 15) is 22.8 Å². The summed E-state index contributed by atoms with van der Waals surface area (Å²) in [6, 6.07) is 4.65. The van der Waals surface area contributed by atoms with Crippen molar-refractivity contribution in [3.63, 3.8) is 0 Å². The van der Waals surface area contributed by atoms with Gasteiger partial charge in [0.15, 0.2) is 11.5 Å². The van der Waals surface area contributed by atoms with Crippen LogP contribution in [0.25, 0.3) is 16.7 Å². The van der Waals surface area contributed by atoms with Crippen LogP contribution in [0.15, 0.2) is 36.7 Å². The molecule has 13 heteroatoms. The number of anilines is 1. The fourth-order valence-corrected chi connectivity index (χ4v) is 3.65. The number of nitrogens with zero attached hydrogens (tertiary/aromatic N) is 4. The number of fused-ring (bicyclic) bond motifs is 1. The van der Waals surface area contributed by atoms with Gasteiger partial charge in [-0.15, -0.1) is 6.42 Å². The monoisotopic (exact) mass is 515 g/mol. The number of halogens is 4. The lowest BCUT2D eigenvalue weighted by atomic mass is 10.0. The largest absolute Gasteiger partial charge is 0.435 e. The molecule has 0 saturated carbocycles. The Kier molecular flexibility index (Phi) is 6.43. The molecule has 0 aliphatic rings.